The van der Waals surface area contributed by atoms with Gasteiger partial charge in [-0.15, -0.1) is 0 Å². The lowest BCUT2D eigenvalue weighted by molar-refractivity contribution is -0.137. The van der Waals surface area contributed by atoms with Crippen molar-refractivity contribution in [3.05, 3.63) is 0 Å². The van der Waals surface area contributed by atoms with Gasteiger partial charge in [-0.2, -0.15) is 0 Å². The van der Waals surface area contributed by atoms with Crippen LogP contribution in [-0.2, 0) is 4.79 Å². The van der Waals surface area contributed by atoms with Gasteiger partial charge in [0.1, 0.15) is 5.54 Å². The van der Waals surface area contributed by atoms with Crippen LogP contribution in [0.5, 0.6) is 0 Å². The van der Waals surface area contributed by atoms with Gasteiger partial charge in [0.15, 0.2) is 0 Å². The maximum Gasteiger partial charge on any atom is 0.238 e. The van der Waals surface area contributed by atoms with Crippen molar-refractivity contribution in [1.82, 2.24) is 15.1 Å². The first-order valence-corrected chi connectivity index (χ1v) is 6.71. The van der Waals surface area contributed by atoms with Gasteiger partial charge in [0.05, 0.1) is 0 Å². The van der Waals surface area contributed by atoms with E-state index in [0.717, 1.165) is 58.7 Å². The number of hydrogen-bond acceptors (Lipinski definition) is 4. The van der Waals surface area contributed by atoms with E-state index in [9.17, 15) is 4.79 Å². The zero-order valence-corrected chi connectivity index (χ0v) is 10.3. The summed E-state index contributed by atoms with van der Waals surface area (Å²) < 4.78 is 0. The third-order valence-corrected chi connectivity index (χ3v) is 4.86. The van der Waals surface area contributed by atoms with Crippen molar-refractivity contribution in [2.75, 3.05) is 45.8 Å². The number of piperazine rings is 1. The molecule has 1 amide bonds. The van der Waals surface area contributed by atoms with Crippen molar-refractivity contribution in [1.29, 1.82) is 0 Å². The molecular weight excluding hydrogens is 216 g/mol. The first-order valence-electron chi connectivity index (χ1n) is 6.71. The highest BCUT2D eigenvalue weighted by atomic mass is 16.1. The zero-order chi connectivity index (χ0) is 11.9. The highest BCUT2D eigenvalue weighted by Crippen LogP contribution is 2.39. The fraction of sp³-hybridized carbons (Fsp3) is 0.917. The van der Waals surface area contributed by atoms with Crippen molar-refractivity contribution in [2.24, 2.45) is 11.7 Å². The Morgan fingerprint density at radius 2 is 2.00 bits per heavy atom. The molecule has 3 aliphatic heterocycles. The first kappa shape index (κ1) is 11.4. The molecular formula is C12H22N4O. The van der Waals surface area contributed by atoms with E-state index in [4.69, 9.17) is 5.73 Å². The third kappa shape index (κ3) is 1.68. The molecule has 3 rings (SSSR count). The third-order valence-electron chi connectivity index (χ3n) is 4.86. The number of nitrogens with two attached hydrogens (primary N) is 1. The minimum Gasteiger partial charge on any atom is -0.368 e. The normalized spacial score (nSPS) is 42.6. The molecule has 3 atom stereocenters. The van der Waals surface area contributed by atoms with Crippen LogP contribution in [0.25, 0.3) is 0 Å². The summed E-state index contributed by atoms with van der Waals surface area (Å²) in [5, 5.41) is 3.35. The van der Waals surface area contributed by atoms with Crippen LogP contribution < -0.4 is 11.1 Å². The molecule has 5 nitrogen and oxygen atoms in total. The van der Waals surface area contributed by atoms with E-state index in [2.05, 4.69) is 15.1 Å². The number of carbonyl (C=O) groups excluding carboxylic acids is 1. The van der Waals surface area contributed by atoms with Crippen molar-refractivity contribution in [3.63, 3.8) is 0 Å². The molecule has 0 aliphatic carbocycles. The molecule has 3 heterocycles. The van der Waals surface area contributed by atoms with Gasteiger partial charge in [0.25, 0.3) is 0 Å². The molecule has 3 N–H and O–H groups in total. The van der Waals surface area contributed by atoms with Gasteiger partial charge < -0.3 is 16.0 Å². The molecule has 0 saturated carbocycles. The van der Waals surface area contributed by atoms with Crippen LogP contribution in [-0.4, -0.2) is 67.1 Å². The molecule has 3 aliphatic rings. The topological polar surface area (TPSA) is 61.6 Å². The Labute approximate surface area is 102 Å². The molecule has 17 heavy (non-hydrogen) atoms. The number of fused-ring (bicyclic) bond motifs is 2. The van der Waals surface area contributed by atoms with Crippen LogP contribution in [0.3, 0.4) is 0 Å². The molecule has 2 bridgehead atoms. The number of carbonyl (C=O) groups is 1. The number of rotatable bonds is 2. The average Bonchev–Trinajstić information content (AvgIpc) is 2.74. The van der Waals surface area contributed by atoms with E-state index in [-0.39, 0.29) is 11.4 Å². The van der Waals surface area contributed by atoms with E-state index in [0.29, 0.717) is 5.92 Å². The zero-order valence-electron chi connectivity index (χ0n) is 10.3. The second-order valence-corrected chi connectivity index (χ2v) is 5.56. The average molecular weight is 238 g/mol. The van der Waals surface area contributed by atoms with Crippen molar-refractivity contribution >= 4 is 5.91 Å². The lowest BCUT2D eigenvalue weighted by Crippen LogP contribution is -2.68. The summed E-state index contributed by atoms with van der Waals surface area (Å²) in [6.07, 6.45) is 2.06. The van der Waals surface area contributed by atoms with E-state index in [1.165, 1.54) is 0 Å². The van der Waals surface area contributed by atoms with Gasteiger partial charge in [-0.1, -0.05) is 0 Å². The fourth-order valence-electron chi connectivity index (χ4n) is 3.92. The number of hydrogen-bond donors (Lipinski definition) is 2. The van der Waals surface area contributed by atoms with Gasteiger partial charge in [-0.25, -0.2) is 0 Å². The summed E-state index contributed by atoms with van der Waals surface area (Å²) in [6, 6.07) is 0. The van der Waals surface area contributed by atoms with Crippen molar-refractivity contribution < 1.29 is 4.79 Å². The van der Waals surface area contributed by atoms with Gasteiger partial charge >= 0.3 is 0 Å². The van der Waals surface area contributed by atoms with Gasteiger partial charge in [-0.05, 0) is 19.4 Å². The monoisotopic (exact) mass is 238 g/mol. The predicted octanol–water partition coefficient (Wildman–Crippen LogP) is -1.16. The summed E-state index contributed by atoms with van der Waals surface area (Å²) in [5.74, 6) is 0.359. The second-order valence-electron chi connectivity index (χ2n) is 5.56. The van der Waals surface area contributed by atoms with Gasteiger partial charge in [0.2, 0.25) is 5.91 Å². The summed E-state index contributed by atoms with van der Waals surface area (Å²) in [7, 11) is 0. The van der Waals surface area contributed by atoms with E-state index < -0.39 is 0 Å². The van der Waals surface area contributed by atoms with Crippen LogP contribution in [0.15, 0.2) is 0 Å². The summed E-state index contributed by atoms with van der Waals surface area (Å²) in [6.45, 7) is 7.11. The van der Waals surface area contributed by atoms with Crippen LogP contribution in [0.2, 0.25) is 0 Å². The largest absolute Gasteiger partial charge is 0.368 e. The molecule has 5 heteroatoms. The van der Waals surface area contributed by atoms with Gasteiger partial charge in [0, 0.05) is 45.2 Å². The number of piperidine rings is 1. The quantitative estimate of drug-likeness (QED) is 0.637. The van der Waals surface area contributed by atoms with Crippen LogP contribution in [0.4, 0.5) is 0 Å². The summed E-state index contributed by atoms with van der Waals surface area (Å²) >= 11 is 0. The van der Waals surface area contributed by atoms with Crippen molar-refractivity contribution in [3.8, 4) is 0 Å². The smallest absolute Gasteiger partial charge is 0.238 e. The minimum absolute atomic E-state index is 0.0917. The lowest BCUT2D eigenvalue weighted by atomic mass is 9.76. The molecule has 0 spiro atoms. The Kier molecular flexibility index (Phi) is 2.84. The molecule has 0 aromatic rings. The maximum atomic E-state index is 12.1. The fourth-order valence-corrected chi connectivity index (χ4v) is 3.92. The molecule has 3 unspecified atom stereocenters. The van der Waals surface area contributed by atoms with Crippen LogP contribution in [0.1, 0.15) is 12.8 Å². The summed E-state index contributed by atoms with van der Waals surface area (Å²) in [5.41, 5.74) is 5.45. The Hall–Kier alpha value is -0.650. The van der Waals surface area contributed by atoms with E-state index in [1.54, 1.807) is 0 Å². The first-order chi connectivity index (χ1) is 8.23. The number of primary amides is 1. The number of nitrogens with zero attached hydrogens (tertiary/aromatic N) is 2. The SMILES string of the molecule is NC(=O)C1(N2CCNCC2)CCN2CCC1C2. The predicted molar refractivity (Wildman–Crippen MR) is 65.5 cm³/mol. The molecule has 3 saturated heterocycles. The van der Waals surface area contributed by atoms with Crippen LogP contribution in [0, 0.1) is 5.92 Å². The molecule has 0 radical (unpaired) electrons. The highest BCUT2D eigenvalue weighted by Gasteiger charge is 2.53. The molecule has 0 aromatic heterocycles. The van der Waals surface area contributed by atoms with Gasteiger partial charge in [-0.3, -0.25) is 9.69 Å². The molecule has 96 valence electrons. The second kappa shape index (κ2) is 4.23. The molecule has 3 fully saturated rings. The standard InChI is InChI=1S/C12H22N4O/c13-11(17)12(16-7-3-14-4-8-16)2-6-15-5-1-10(12)9-15/h10,14H,1-9H2,(H2,13,17). The Bertz CT molecular complexity index is 316. The Morgan fingerprint density at radius 1 is 1.24 bits per heavy atom. The van der Waals surface area contributed by atoms with Crippen LogP contribution >= 0.6 is 0 Å². The molecule has 0 aromatic carbocycles. The Morgan fingerprint density at radius 3 is 2.71 bits per heavy atom. The Balaban J connectivity index is 1.88. The number of nitrogens with one attached hydrogen (secondary N) is 1. The van der Waals surface area contributed by atoms with E-state index in [1.807, 2.05) is 0 Å². The minimum atomic E-state index is -0.352. The number of amides is 1. The maximum absolute atomic E-state index is 12.1. The summed E-state index contributed by atoms with van der Waals surface area (Å²) in [4.78, 5) is 16.9. The van der Waals surface area contributed by atoms with Crippen molar-refractivity contribution in [2.45, 2.75) is 18.4 Å². The lowest BCUT2D eigenvalue weighted by Gasteiger charge is -2.49. The highest BCUT2D eigenvalue weighted by molar-refractivity contribution is 5.85. The van der Waals surface area contributed by atoms with E-state index >= 15 is 0 Å².